The first kappa shape index (κ1) is 22.8. The lowest BCUT2D eigenvalue weighted by atomic mass is 9.75. The van der Waals surface area contributed by atoms with E-state index in [2.05, 4.69) is 0 Å². The standard InChI is InChI=1S/C20H27ClO7/c1-24-13-27-11-19(12-28-14-25-2)8-9-20(17(19)22,18(23)26-3)10-15-4-6-16(21)7-5-15/h4-7H,8-14H2,1-3H3. The van der Waals surface area contributed by atoms with E-state index < -0.39 is 16.8 Å². The Bertz CT molecular complexity index is 651. The van der Waals surface area contributed by atoms with Gasteiger partial charge in [0.25, 0.3) is 0 Å². The number of halogens is 1. The molecule has 1 aliphatic carbocycles. The van der Waals surface area contributed by atoms with Crippen LogP contribution in [-0.2, 0) is 39.7 Å². The fraction of sp³-hybridized carbons (Fsp3) is 0.600. The van der Waals surface area contributed by atoms with E-state index in [1.54, 1.807) is 12.1 Å². The molecule has 0 amide bonds. The van der Waals surface area contributed by atoms with Crippen molar-refractivity contribution in [2.45, 2.75) is 19.3 Å². The van der Waals surface area contributed by atoms with Crippen molar-refractivity contribution in [2.24, 2.45) is 10.8 Å². The van der Waals surface area contributed by atoms with Gasteiger partial charge < -0.3 is 23.7 Å². The molecule has 1 saturated carbocycles. The van der Waals surface area contributed by atoms with E-state index in [9.17, 15) is 9.59 Å². The van der Waals surface area contributed by atoms with Crippen LogP contribution in [0.5, 0.6) is 0 Å². The van der Waals surface area contributed by atoms with Gasteiger partial charge in [-0.1, -0.05) is 23.7 Å². The number of carbonyl (C=O) groups is 2. The van der Waals surface area contributed by atoms with Crippen LogP contribution in [0.25, 0.3) is 0 Å². The molecule has 0 aromatic heterocycles. The molecule has 156 valence electrons. The van der Waals surface area contributed by atoms with Crippen molar-refractivity contribution in [1.82, 2.24) is 0 Å². The second-order valence-corrected chi connectivity index (χ2v) is 7.43. The summed E-state index contributed by atoms with van der Waals surface area (Å²) in [5.41, 5.74) is -1.44. The van der Waals surface area contributed by atoms with Crippen molar-refractivity contribution in [2.75, 3.05) is 48.1 Å². The van der Waals surface area contributed by atoms with E-state index in [1.165, 1.54) is 21.3 Å². The SMILES string of the molecule is COCOCC1(COCOC)CCC(Cc2ccc(Cl)cc2)(C(=O)OC)C1=O. The van der Waals surface area contributed by atoms with Gasteiger partial charge in [-0.05, 0) is 37.0 Å². The first-order valence-electron chi connectivity index (χ1n) is 8.95. The third-order valence-electron chi connectivity index (χ3n) is 5.10. The number of carbonyl (C=O) groups excluding carboxylic acids is 2. The Balaban J connectivity index is 2.33. The zero-order valence-electron chi connectivity index (χ0n) is 16.5. The highest BCUT2D eigenvalue weighted by molar-refractivity contribution is 6.30. The molecule has 1 aromatic carbocycles. The molecule has 0 saturated heterocycles. The first-order chi connectivity index (χ1) is 13.4. The molecule has 0 spiro atoms. The minimum Gasteiger partial charge on any atom is -0.468 e. The summed E-state index contributed by atoms with van der Waals surface area (Å²) >= 11 is 5.95. The van der Waals surface area contributed by atoms with Gasteiger partial charge in [-0.25, -0.2) is 0 Å². The highest BCUT2D eigenvalue weighted by Crippen LogP contribution is 2.49. The minimum atomic E-state index is -1.30. The van der Waals surface area contributed by atoms with Crippen LogP contribution in [0.2, 0.25) is 5.02 Å². The van der Waals surface area contributed by atoms with Crippen LogP contribution in [0.15, 0.2) is 24.3 Å². The van der Waals surface area contributed by atoms with Crippen molar-refractivity contribution in [1.29, 1.82) is 0 Å². The van der Waals surface area contributed by atoms with Gasteiger partial charge >= 0.3 is 5.97 Å². The van der Waals surface area contributed by atoms with Crippen molar-refractivity contribution in [3.05, 3.63) is 34.9 Å². The molecule has 0 aliphatic heterocycles. The lowest BCUT2D eigenvalue weighted by Gasteiger charge is -2.31. The van der Waals surface area contributed by atoms with E-state index in [0.717, 1.165) is 5.56 Å². The van der Waals surface area contributed by atoms with Crippen LogP contribution in [0.3, 0.4) is 0 Å². The smallest absolute Gasteiger partial charge is 0.319 e. The second-order valence-electron chi connectivity index (χ2n) is 7.00. The van der Waals surface area contributed by atoms with Crippen LogP contribution in [0, 0.1) is 10.8 Å². The number of rotatable bonds is 11. The lowest BCUT2D eigenvalue weighted by molar-refractivity contribution is -0.162. The molecule has 28 heavy (non-hydrogen) atoms. The normalized spacial score (nSPS) is 21.1. The molecular weight excluding hydrogens is 388 g/mol. The van der Waals surface area contributed by atoms with Crippen LogP contribution in [0.1, 0.15) is 18.4 Å². The summed E-state index contributed by atoms with van der Waals surface area (Å²) in [5, 5.41) is 0.587. The summed E-state index contributed by atoms with van der Waals surface area (Å²) in [6.45, 7) is 0.259. The maximum atomic E-state index is 13.6. The zero-order valence-corrected chi connectivity index (χ0v) is 17.3. The Kier molecular flexibility index (Phi) is 8.39. The Morgan fingerprint density at radius 1 is 1.00 bits per heavy atom. The summed E-state index contributed by atoms with van der Waals surface area (Å²) in [4.78, 5) is 26.4. The maximum absolute atomic E-state index is 13.6. The topological polar surface area (TPSA) is 80.3 Å². The molecule has 8 heteroatoms. The zero-order chi connectivity index (χ0) is 20.6. The minimum absolute atomic E-state index is 0.0434. The van der Waals surface area contributed by atoms with E-state index >= 15 is 0 Å². The number of hydrogen-bond acceptors (Lipinski definition) is 7. The van der Waals surface area contributed by atoms with Crippen molar-refractivity contribution >= 4 is 23.4 Å². The summed E-state index contributed by atoms with van der Waals surface area (Å²) < 4.78 is 25.9. The van der Waals surface area contributed by atoms with Crippen molar-refractivity contribution in [3.8, 4) is 0 Å². The molecular formula is C20H27ClO7. The third-order valence-corrected chi connectivity index (χ3v) is 5.35. The molecule has 2 rings (SSSR count). The number of ether oxygens (including phenoxy) is 5. The fourth-order valence-electron chi connectivity index (χ4n) is 3.73. The van der Waals surface area contributed by atoms with Crippen LogP contribution in [0.4, 0.5) is 0 Å². The Labute approximate surface area is 170 Å². The number of Topliss-reactive ketones (excluding diaryl/α,β-unsaturated/α-hetero) is 1. The lowest BCUT2D eigenvalue weighted by Crippen LogP contribution is -2.47. The number of esters is 1. The van der Waals surface area contributed by atoms with Crippen molar-refractivity contribution in [3.63, 3.8) is 0 Å². The highest BCUT2D eigenvalue weighted by Gasteiger charge is 2.61. The Morgan fingerprint density at radius 2 is 1.57 bits per heavy atom. The van der Waals surface area contributed by atoms with Gasteiger partial charge in [-0.3, -0.25) is 9.59 Å². The predicted octanol–water partition coefficient (Wildman–Crippen LogP) is 2.63. The largest absolute Gasteiger partial charge is 0.468 e. The van der Waals surface area contributed by atoms with Gasteiger partial charge in [0.2, 0.25) is 0 Å². The number of methoxy groups -OCH3 is 3. The fourth-order valence-corrected chi connectivity index (χ4v) is 3.85. The van der Waals surface area contributed by atoms with Gasteiger partial charge in [0.1, 0.15) is 19.0 Å². The first-order valence-corrected chi connectivity index (χ1v) is 9.33. The van der Waals surface area contributed by atoms with Gasteiger partial charge in [-0.15, -0.1) is 0 Å². The van der Waals surface area contributed by atoms with Crippen LogP contribution < -0.4 is 0 Å². The van der Waals surface area contributed by atoms with E-state index in [1.807, 2.05) is 12.1 Å². The summed E-state index contributed by atoms with van der Waals surface area (Å²) in [6.07, 6.45) is 1.00. The predicted molar refractivity (Wildman–Crippen MR) is 102 cm³/mol. The molecule has 0 radical (unpaired) electrons. The molecule has 1 atom stereocenters. The molecule has 0 N–H and O–H groups in total. The van der Waals surface area contributed by atoms with Gasteiger partial charge in [0.05, 0.1) is 25.7 Å². The van der Waals surface area contributed by atoms with E-state index in [4.69, 9.17) is 35.3 Å². The molecule has 1 aliphatic rings. The Hall–Kier alpha value is -1.51. The summed E-state index contributed by atoms with van der Waals surface area (Å²) in [6, 6.07) is 7.09. The number of hydrogen-bond donors (Lipinski definition) is 0. The van der Waals surface area contributed by atoms with Gasteiger partial charge in [0, 0.05) is 19.2 Å². The Morgan fingerprint density at radius 3 is 2.07 bits per heavy atom. The van der Waals surface area contributed by atoms with Crippen molar-refractivity contribution < 1.29 is 33.3 Å². The molecule has 0 heterocycles. The molecule has 1 unspecified atom stereocenters. The average Bonchev–Trinajstić information content (AvgIpc) is 2.97. The summed E-state index contributed by atoms with van der Waals surface area (Å²) in [7, 11) is 4.30. The van der Waals surface area contributed by atoms with Gasteiger partial charge in [0.15, 0.2) is 5.78 Å². The van der Waals surface area contributed by atoms with E-state index in [0.29, 0.717) is 17.9 Å². The van der Waals surface area contributed by atoms with Crippen LogP contribution in [-0.4, -0.2) is 59.9 Å². The quantitative estimate of drug-likeness (QED) is 0.238. The molecule has 0 bridgehead atoms. The molecule has 7 nitrogen and oxygen atoms in total. The number of benzene rings is 1. The summed E-state index contributed by atoms with van der Waals surface area (Å²) in [5.74, 6) is -0.790. The van der Waals surface area contributed by atoms with Gasteiger partial charge in [-0.2, -0.15) is 0 Å². The van der Waals surface area contributed by atoms with Crippen LogP contribution >= 0.6 is 11.6 Å². The second kappa shape index (κ2) is 10.3. The highest BCUT2D eigenvalue weighted by atomic mass is 35.5. The monoisotopic (exact) mass is 414 g/mol. The maximum Gasteiger partial charge on any atom is 0.319 e. The van der Waals surface area contributed by atoms with E-state index in [-0.39, 0.29) is 39.0 Å². The molecule has 1 fully saturated rings. The average molecular weight is 415 g/mol. The molecule has 1 aromatic rings. The number of ketones is 1. The third kappa shape index (κ3) is 4.90.